The summed E-state index contributed by atoms with van der Waals surface area (Å²) < 4.78 is 3.94. The van der Waals surface area contributed by atoms with Gasteiger partial charge in [0.15, 0.2) is 0 Å². The summed E-state index contributed by atoms with van der Waals surface area (Å²) in [5.74, 6) is 5.72. The number of aromatic nitrogens is 1. The molecule has 0 saturated heterocycles. The van der Waals surface area contributed by atoms with Crippen LogP contribution in [0, 0.1) is 11.8 Å². The maximum Gasteiger partial charge on any atom is 0.0551 e. The highest BCUT2D eigenvalue weighted by Crippen LogP contribution is 2.00. The zero-order valence-electron chi connectivity index (χ0n) is 5.50. The Balaban J connectivity index is 2.41. The van der Waals surface area contributed by atoms with Crippen LogP contribution in [0.3, 0.4) is 0 Å². The lowest BCUT2D eigenvalue weighted by molar-refractivity contribution is 1.27. The molecule has 1 heterocycles. The average molecular weight is 152 g/mol. The molecule has 3 heteroatoms. The molecular weight excluding hydrogens is 144 g/mol. The van der Waals surface area contributed by atoms with Crippen LogP contribution < -0.4 is 5.73 Å². The van der Waals surface area contributed by atoms with Gasteiger partial charge in [0.05, 0.1) is 6.54 Å². The summed E-state index contributed by atoms with van der Waals surface area (Å²) in [6, 6.07) is 0. The zero-order valence-corrected chi connectivity index (χ0v) is 6.32. The summed E-state index contributed by atoms with van der Waals surface area (Å²) in [4.78, 5) is 0. The van der Waals surface area contributed by atoms with Gasteiger partial charge in [0, 0.05) is 18.0 Å². The van der Waals surface area contributed by atoms with Crippen LogP contribution >= 0.6 is 11.5 Å². The van der Waals surface area contributed by atoms with Crippen LogP contribution in [0.1, 0.15) is 5.56 Å². The van der Waals surface area contributed by atoms with Gasteiger partial charge in [-0.1, -0.05) is 11.8 Å². The van der Waals surface area contributed by atoms with Crippen molar-refractivity contribution in [1.29, 1.82) is 0 Å². The Morgan fingerprint density at radius 3 is 3.10 bits per heavy atom. The van der Waals surface area contributed by atoms with Gasteiger partial charge < -0.3 is 5.73 Å². The fraction of sp³-hybridized carbons (Fsp3) is 0.286. The van der Waals surface area contributed by atoms with Gasteiger partial charge in [0.1, 0.15) is 0 Å². The van der Waals surface area contributed by atoms with E-state index < -0.39 is 0 Å². The molecular formula is C7H8N2S. The van der Waals surface area contributed by atoms with Crippen molar-refractivity contribution in [3.63, 3.8) is 0 Å². The van der Waals surface area contributed by atoms with E-state index in [4.69, 9.17) is 5.73 Å². The van der Waals surface area contributed by atoms with Gasteiger partial charge in [-0.3, -0.25) is 0 Å². The molecule has 0 fully saturated rings. The van der Waals surface area contributed by atoms with Gasteiger partial charge in [-0.2, -0.15) is 0 Å². The lowest BCUT2D eigenvalue weighted by Crippen LogP contribution is -1.93. The molecule has 0 saturated carbocycles. The highest BCUT2D eigenvalue weighted by Gasteiger charge is 1.87. The van der Waals surface area contributed by atoms with E-state index in [1.807, 2.05) is 11.6 Å². The zero-order chi connectivity index (χ0) is 7.23. The van der Waals surface area contributed by atoms with Crippen LogP contribution in [0.25, 0.3) is 0 Å². The summed E-state index contributed by atoms with van der Waals surface area (Å²) in [6.45, 7) is 0.442. The number of nitrogens with zero attached hydrogens (tertiary/aromatic N) is 1. The Labute approximate surface area is 64.2 Å². The number of hydrogen-bond donors (Lipinski definition) is 1. The highest BCUT2D eigenvalue weighted by atomic mass is 32.1. The van der Waals surface area contributed by atoms with Gasteiger partial charge in [-0.25, -0.2) is 4.37 Å². The summed E-state index contributed by atoms with van der Waals surface area (Å²) in [5, 5.41) is 1.99. The Morgan fingerprint density at radius 2 is 2.50 bits per heavy atom. The smallest absolute Gasteiger partial charge is 0.0551 e. The molecule has 0 aliphatic rings. The fourth-order valence-corrected chi connectivity index (χ4v) is 1.09. The SMILES string of the molecule is NCC#CCc1cnsc1. The molecule has 0 aromatic carbocycles. The van der Waals surface area contributed by atoms with Gasteiger partial charge in [-0.15, -0.1) is 0 Å². The first-order valence-electron chi connectivity index (χ1n) is 2.97. The van der Waals surface area contributed by atoms with Crippen molar-refractivity contribution in [1.82, 2.24) is 4.37 Å². The van der Waals surface area contributed by atoms with Gasteiger partial charge in [0.25, 0.3) is 0 Å². The van der Waals surface area contributed by atoms with E-state index in [0.717, 1.165) is 6.42 Å². The predicted octanol–water partition coefficient (Wildman–Crippen LogP) is 0.648. The first-order chi connectivity index (χ1) is 4.93. The molecule has 0 atom stereocenters. The van der Waals surface area contributed by atoms with Gasteiger partial charge in [-0.05, 0) is 17.1 Å². The molecule has 0 amide bonds. The van der Waals surface area contributed by atoms with E-state index >= 15 is 0 Å². The molecule has 1 aromatic heterocycles. The second kappa shape index (κ2) is 4.04. The topological polar surface area (TPSA) is 38.9 Å². The maximum absolute atomic E-state index is 5.18. The predicted molar refractivity (Wildman–Crippen MR) is 42.6 cm³/mol. The van der Waals surface area contributed by atoms with Gasteiger partial charge >= 0.3 is 0 Å². The van der Waals surface area contributed by atoms with Crippen LogP contribution in [-0.2, 0) is 6.42 Å². The minimum absolute atomic E-state index is 0.442. The summed E-state index contributed by atoms with van der Waals surface area (Å²) in [6.07, 6.45) is 2.60. The molecule has 0 aliphatic heterocycles. The minimum atomic E-state index is 0.442. The largest absolute Gasteiger partial charge is 0.320 e. The van der Waals surface area contributed by atoms with Crippen molar-refractivity contribution in [2.75, 3.05) is 6.54 Å². The molecule has 0 radical (unpaired) electrons. The van der Waals surface area contributed by atoms with Crippen LogP contribution in [0.2, 0.25) is 0 Å². The summed E-state index contributed by atoms with van der Waals surface area (Å²) in [7, 11) is 0. The van der Waals surface area contributed by atoms with Gasteiger partial charge in [0.2, 0.25) is 0 Å². The summed E-state index contributed by atoms with van der Waals surface area (Å²) >= 11 is 1.45. The quantitative estimate of drug-likeness (QED) is 0.600. The highest BCUT2D eigenvalue weighted by molar-refractivity contribution is 7.03. The number of hydrogen-bond acceptors (Lipinski definition) is 3. The Kier molecular flexibility index (Phi) is 2.94. The molecule has 1 rings (SSSR count). The molecule has 52 valence electrons. The molecule has 0 bridgehead atoms. The fourth-order valence-electron chi connectivity index (χ4n) is 0.551. The van der Waals surface area contributed by atoms with E-state index in [1.54, 1.807) is 0 Å². The van der Waals surface area contributed by atoms with Crippen LogP contribution in [0.5, 0.6) is 0 Å². The molecule has 1 aromatic rings. The Hall–Kier alpha value is -0.850. The number of nitrogens with two attached hydrogens (primary N) is 1. The average Bonchev–Trinajstić information content (AvgIpc) is 2.41. The van der Waals surface area contributed by atoms with E-state index in [0.29, 0.717) is 6.54 Å². The lowest BCUT2D eigenvalue weighted by atomic mass is 10.3. The van der Waals surface area contributed by atoms with Crippen molar-refractivity contribution in [2.45, 2.75) is 6.42 Å². The van der Waals surface area contributed by atoms with E-state index in [2.05, 4.69) is 16.2 Å². The third-order valence-electron chi connectivity index (χ3n) is 1.00. The molecule has 0 spiro atoms. The van der Waals surface area contributed by atoms with Crippen molar-refractivity contribution < 1.29 is 0 Å². The normalized spacial score (nSPS) is 8.50. The first-order valence-corrected chi connectivity index (χ1v) is 3.81. The van der Waals surface area contributed by atoms with Crippen LogP contribution in [-0.4, -0.2) is 10.9 Å². The van der Waals surface area contributed by atoms with Crippen LogP contribution in [0.4, 0.5) is 0 Å². The molecule has 0 aliphatic carbocycles. The van der Waals surface area contributed by atoms with Crippen LogP contribution in [0.15, 0.2) is 11.6 Å². The lowest BCUT2D eigenvalue weighted by Gasteiger charge is -1.80. The third kappa shape index (κ3) is 2.18. The van der Waals surface area contributed by atoms with E-state index in [-0.39, 0.29) is 0 Å². The molecule has 0 unspecified atom stereocenters. The Morgan fingerprint density at radius 1 is 1.60 bits per heavy atom. The van der Waals surface area contributed by atoms with Crippen molar-refractivity contribution in [3.8, 4) is 11.8 Å². The second-order valence-electron chi connectivity index (χ2n) is 1.77. The van der Waals surface area contributed by atoms with Crippen molar-refractivity contribution in [2.24, 2.45) is 5.73 Å². The minimum Gasteiger partial charge on any atom is -0.320 e. The van der Waals surface area contributed by atoms with Crippen molar-refractivity contribution >= 4 is 11.5 Å². The molecule has 2 N–H and O–H groups in total. The molecule has 10 heavy (non-hydrogen) atoms. The second-order valence-corrected chi connectivity index (χ2v) is 2.42. The monoisotopic (exact) mass is 152 g/mol. The maximum atomic E-state index is 5.18. The van der Waals surface area contributed by atoms with E-state index in [9.17, 15) is 0 Å². The first kappa shape index (κ1) is 7.26. The van der Waals surface area contributed by atoms with Crippen molar-refractivity contribution in [3.05, 3.63) is 17.1 Å². The van der Waals surface area contributed by atoms with E-state index in [1.165, 1.54) is 17.1 Å². The number of rotatable bonds is 1. The summed E-state index contributed by atoms with van der Waals surface area (Å²) in [5.41, 5.74) is 6.35. The third-order valence-corrected chi connectivity index (χ3v) is 1.64. The molecule has 2 nitrogen and oxygen atoms in total. The standard InChI is InChI=1S/C7H8N2S/c8-4-2-1-3-7-5-9-10-6-7/h5-6H,3-4,8H2. The Bertz CT molecular complexity index is 230.